The maximum Gasteiger partial charge on any atom is 0.356 e. The summed E-state index contributed by atoms with van der Waals surface area (Å²) >= 11 is 5.69. The quantitative estimate of drug-likeness (QED) is 0.614. The van der Waals surface area contributed by atoms with E-state index in [1.807, 2.05) is 19.1 Å². The molecule has 1 aromatic heterocycles. The normalized spacial score (nSPS) is 10.6. The predicted octanol–water partition coefficient (Wildman–Crippen LogP) is 2.81. The fourth-order valence-electron chi connectivity index (χ4n) is 1.14. The standard InChI is InChI=1S/C11H13ClN2O2/c1-2-3-4-7-13-9-6-5-8(12)10(14-9)11(15)16/h2-3,5-6H,4,7H2,1H3,(H,13,14)(H,15,16)/b3-2+. The Labute approximate surface area is 99.0 Å². The number of hydrogen-bond acceptors (Lipinski definition) is 3. The van der Waals surface area contributed by atoms with E-state index in [0.717, 1.165) is 6.42 Å². The number of carboxylic acid groups (broad SMARTS) is 1. The minimum atomic E-state index is -1.12. The van der Waals surface area contributed by atoms with E-state index in [1.165, 1.54) is 6.07 Å². The highest BCUT2D eigenvalue weighted by Crippen LogP contribution is 2.16. The Morgan fingerprint density at radius 2 is 2.38 bits per heavy atom. The van der Waals surface area contributed by atoms with Gasteiger partial charge in [-0.3, -0.25) is 0 Å². The van der Waals surface area contributed by atoms with Crippen molar-refractivity contribution in [3.63, 3.8) is 0 Å². The molecule has 0 saturated heterocycles. The zero-order valence-corrected chi connectivity index (χ0v) is 9.66. The molecule has 0 aromatic carbocycles. The number of halogens is 1. The molecule has 0 saturated carbocycles. The number of anilines is 1. The van der Waals surface area contributed by atoms with Crippen molar-refractivity contribution in [1.29, 1.82) is 0 Å². The summed E-state index contributed by atoms with van der Waals surface area (Å²) < 4.78 is 0. The summed E-state index contributed by atoms with van der Waals surface area (Å²) in [6, 6.07) is 3.18. The second kappa shape index (κ2) is 6.12. The van der Waals surface area contributed by atoms with Gasteiger partial charge < -0.3 is 10.4 Å². The molecular weight excluding hydrogens is 228 g/mol. The van der Waals surface area contributed by atoms with Crippen LogP contribution in [0.4, 0.5) is 5.82 Å². The van der Waals surface area contributed by atoms with Crippen molar-refractivity contribution in [3.8, 4) is 0 Å². The number of carboxylic acids is 1. The second-order valence-corrected chi connectivity index (χ2v) is 3.52. The van der Waals surface area contributed by atoms with Crippen LogP contribution in [-0.2, 0) is 0 Å². The van der Waals surface area contributed by atoms with Gasteiger partial charge in [-0.25, -0.2) is 9.78 Å². The van der Waals surface area contributed by atoms with E-state index >= 15 is 0 Å². The number of aromatic carboxylic acids is 1. The molecule has 0 unspecified atom stereocenters. The minimum Gasteiger partial charge on any atom is -0.476 e. The van der Waals surface area contributed by atoms with Crippen molar-refractivity contribution < 1.29 is 9.90 Å². The summed E-state index contributed by atoms with van der Waals surface area (Å²) in [7, 11) is 0. The summed E-state index contributed by atoms with van der Waals surface area (Å²) in [6.45, 7) is 2.65. The molecule has 5 heteroatoms. The van der Waals surface area contributed by atoms with Crippen LogP contribution in [0.5, 0.6) is 0 Å². The first-order valence-electron chi connectivity index (χ1n) is 4.90. The molecule has 0 bridgehead atoms. The Hall–Kier alpha value is -1.55. The molecule has 0 aliphatic carbocycles. The topological polar surface area (TPSA) is 62.2 Å². The number of nitrogens with one attached hydrogen (secondary N) is 1. The lowest BCUT2D eigenvalue weighted by molar-refractivity contribution is 0.0691. The van der Waals surface area contributed by atoms with Gasteiger partial charge >= 0.3 is 5.97 Å². The molecule has 1 aromatic rings. The molecule has 16 heavy (non-hydrogen) atoms. The number of nitrogens with zero attached hydrogens (tertiary/aromatic N) is 1. The van der Waals surface area contributed by atoms with Crippen molar-refractivity contribution >= 4 is 23.4 Å². The minimum absolute atomic E-state index is 0.127. The van der Waals surface area contributed by atoms with E-state index in [2.05, 4.69) is 10.3 Å². The van der Waals surface area contributed by atoms with E-state index in [9.17, 15) is 4.79 Å². The lowest BCUT2D eigenvalue weighted by Crippen LogP contribution is -2.07. The largest absolute Gasteiger partial charge is 0.476 e. The summed E-state index contributed by atoms with van der Waals surface area (Å²) in [6.07, 6.45) is 4.84. The van der Waals surface area contributed by atoms with Gasteiger partial charge in [-0.15, -0.1) is 0 Å². The van der Waals surface area contributed by atoms with Crippen LogP contribution in [0.1, 0.15) is 23.8 Å². The van der Waals surface area contributed by atoms with Crippen LogP contribution in [0.15, 0.2) is 24.3 Å². The van der Waals surface area contributed by atoms with E-state index in [-0.39, 0.29) is 10.7 Å². The third-order valence-corrected chi connectivity index (χ3v) is 2.21. The Bertz CT molecular complexity index is 405. The molecule has 0 atom stereocenters. The monoisotopic (exact) mass is 240 g/mol. The molecule has 0 spiro atoms. The van der Waals surface area contributed by atoms with Gasteiger partial charge in [-0.1, -0.05) is 23.8 Å². The molecule has 1 rings (SSSR count). The maximum absolute atomic E-state index is 10.8. The lowest BCUT2D eigenvalue weighted by Gasteiger charge is -2.05. The molecule has 0 aliphatic rings. The lowest BCUT2D eigenvalue weighted by atomic mass is 10.3. The zero-order chi connectivity index (χ0) is 12.0. The van der Waals surface area contributed by atoms with Gasteiger partial charge in [0, 0.05) is 6.54 Å². The van der Waals surface area contributed by atoms with Crippen LogP contribution in [0.3, 0.4) is 0 Å². The van der Waals surface area contributed by atoms with Crippen LogP contribution in [0.25, 0.3) is 0 Å². The van der Waals surface area contributed by atoms with Crippen LogP contribution in [0, 0.1) is 0 Å². The van der Waals surface area contributed by atoms with Gasteiger partial charge in [0.1, 0.15) is 5.82 Å². The molecule has 4 nitrogen and oxygen atoms in total. The maximum atomic E-state index is 10.8. The summed E-state index contributed by atoms with van der Waals surface area (Å²) in [5.41, 5.74) is -0.127. The SMILES string of the molecule is C/C=C/CCNc1ccc(Cl)c(C(=O)O)n1. The fraction of sp³-hybridized carbons (Fsp3) is 0.273. The zero-order valence-electron chi connectivity index (χ0n) is 8.90. The molecule has 2 N–H and O–H groups in total. The smallest absolute Gasteiger partial charge is 0.356 e. The highest BCUT2D eigenvalue weighted by molar-refractivity contribution is 6.33. The predicted molar refractivity (Wildman–Crippen MR) is 64.1 cm³/mol. The summed E-state index contributed by atoms with van der Waals surface area (Å²) in [4.78, 5) is 14.7. The highest BCUT2D eigenvalue weighted by atomic mass is 35.5. The van der Waals surface area contributed by atoms with Crippen molar-refractivity contribution in [2.24, 2.45) is 0 Å². The third kappa shape index (κ3) is 3.55. The summed E-state index contributed by atoms with van der Waals surface area (Å²) in [5.74, 6) is -0.603. The second-order valence-electron chi connectivity index (χ2n) is 3.12. The molecule has 0 radical (unpaired) electrons. The van der Waals surface area contributed by atoms with E-state index in [4.69, 9.17) is 16.7 Å². The van der Waals surface area contributed by atoms with Gasteiger partial charge in [0.2, 0.25) is 0 Å². The first kappa shape index (κ1) is 12.5. The van der Waals surface area contributed by atoms with Gasteiger partial charge in [0.05, 0.1) is 5.02 Å². The number of carbonyl (C=O) groups is 1. The number of hydrogen-bond donors (Lipinski definition) is 2. The fourth-order valence-corrected chi connectivity index (χ4v) is 1.33. The first-order chi connectivity index (χ1) is 7.65. The van der Waals surface area contributed by atoms with E-state index in [1.54, 1.807) is 6.07 Å². The molecule has 86 valence electrons. The average molecular weight is 241 g/mol. The Balaban J connectivity index is 2.67. The number of rotatable bonds is 5. The van der Waals surface area contributed by atoms with Crippen LogP contribution < -0.4 is 5.32 Å². The van der Waals surface area contributed by atoms with E-state index < -0.39 is 5.97 Å². The Morgan fingerprint density at radius 1 is 1.62 bits per heavy atom. The molecule has 0 aliphatic heterocycles. The first-order valence-corrected chi connectivity index (χ1v) is 5.28. The van der Waals surface area contributed by atoms with Gasteiger partial charge in [0.15, 0.2) is 5.69 Å². The number of allylic oxidation sites excluding steroid dienone is 1. The van der Waals surface area contributed by atoms with Crippen molar-refractivity contribution in [2.45, 2.75) is 13.3 Å². The van der Waals surface area contributed by atoms with Crippen LogP contribution in [0.2, 0.25) is 5.02 Å². The van der Waals surface area contributed by atoms with Crippen LogP contribution in [-0.4, -0.2) is 22.6 Å². The Kier molecular flexibility index (Phi) is 4.79. The van der Waals surface area contributed by atoms with Gasteiger partial charge in [0.25, 0.3) is 0 Å². The average Bonchev–Trinajstić information content (AvgIpc) is 2.26. The van der Waals surface area contributed by atoms with Gasteiger partial charge in [-0.05, 0) is 25.5 Å². The van der Waals surface area contributed by atoms with Crippen molar-refractivity contribution in [1.82, 2.24) is 4.98 Å². The highest BCUT2D eigenvalue weighted by Gasteiger charge is 2.10. The van der Waals surface area contributed by atoms with Crippen molar-refractivity contribution in [3.05, 3.63) is 35.0 Å². The van der Waals surface area contributed by atoms with Gasteiger partial charge in [-0.2, -0.15) is 0 Å². The molecule has 1 heterocycles. The molecular formula is C11H13ClN2O2. The van der Waals surface area contributed by atoms with E-state index in [0.29, 0.717) is 12.4 Å². The number of pyridine rings is 1. The third-order valence-electron chi connectivity index (χ3n) is 1.90. The van der Waals surface area contributed by atoms with Crippen LogP contribution >= 0.6 is 11.6 Å². The number of aromatic nitrogens is 1. The Morgan fingerprint density at radius 3 is 3.00 bits per heavy atom. The molecule has 0 amide bonds. The van der Waals surface area contributed by atoms with Crippen molar-refractivity contribution in [2.75, 3.05) is 11.9 Å². The molecule has 0 fully saturated rings. The summed E-state index contributed by atoms with van der Waals surface area (Å²) in [5, 5.41) is 12.0.